The van der Waals surface area contributed by atoms with Crippen molar-refractivity contribution in [1.82, 2.24) is 20.2 Å². The number of carbonyl (C=O) groups is 2. The van der Waals surface area contributed by atoms with Gasteiger partial charge in [-0.15, -0.1) is 11.3 Å². The number of ether oxygens (including phenoxy) is 1. The first-order chi connectivity index (χ1) is 22.2. The number of carbonyl (C=O) groups excluding carboxylic acids is 2. The van der Waals surface area contributed by atoms with Crippen molar-refractivity contribution in [1.29, 1.82) is 0 Å². The van der Waals surface area contributed by atoms with Gasteiger partial charge in [0, 0.05) is 17.0 Å². The largest absolute Gasteiger partial charge is 0.534 e. The Morgan fingerprint density at radius 3 is 2.49 bits per heavy atom. The molecule has 2 N–H and O–H groups in total. The third-order valence-electron chi connectivity index (χ3n) is 9.66. The third kappa shape index (κ3) is 6.12. The Balaban J connectivity index is 1.28. The molecule has 47 heavy (non-hydrogen) atoms. The number of hydrogen-bond donors (Lipinski definition) is 2. The minimum absolute atomic E-state index is 0.154. The molecule has 10 nitrogen and oxygen atoms in total. The highest BCUT2D eigenvalue weighted by molar-refractivity contribution is 7.88. The lowest BCUT2D eigenvalue weighted by Gasteiger charge is -2.47. The Morgan fingerprint density at radius 1 is 1.11 bits per heavy atom. The molecule has 1 saturated heterocycles. The summed E-state index contributed by atoms with van der Waals surface area (Å²) in [4.78, 5) is 36.9. The van der Waals surface area contributed by atoms with E-state index in [9.17, 15) is 31.2 Å². The van der Waals surface area contributed by atoms with Crippen LogP contribution in [0.2, 0.25) is 0 Å². The molecule has 6 rings (SSSR count). The summed E-state index contributed by atoms with van der Waals surface area (Å²) in [7, 11) is -4.56. The number of fused-ring (bicyclic) bond motifs is 2. The van der Waals surface area contributed by atoms with Gasteiger partial charge in [0.05, 0.1) is 29.9 Å². The number of halogens is 3. The second-order valence-corrected chi connectivity index (χ2v) is 15.5. The summed E-state index contributed by atoms with van der Waals surface area (Å²) in [5.41, 5.74) is -2.88. The van der Waals surface area contributed by atoms with Gasteiger partial charge in [-0.1, -0.05) is 20.3 Å². The van der Waals surface area contributed by atoms with Crippen LogP contribution in [0, 0.1) is 5.92 Å². The summed E-state index contributed by atoms with van der Waals surface area (Å²) >= 11 is 1.49. The number of benzene rings is 1. The number of H-pyrrole nitrogens is 1. The van der Waals surface area contributed by atoms with Crippen molar-refractivity contribution in [3.8, 4) is 26.8 Å². The van der Waals surface area contributed by atoms with Gasteiger partial charge >= 0.3 is 21.7 Å². The lowest BCUT2D eigenvalue weighted by Crippen LogP contribution is -2.51. The topological polar surface area (TPSA) is 131 Å². The zero-order valence-corrected chi connectivity index (χ0v) is 27.9. The molecule has 0 unspecified atom stereocenters. The Kier molecular flexibility index (Phi) is 8.83. The molecule has 3 aromatic rings. The molecule has 2 aromatic heterocycles. The van der Waals surface area contributed by atoms with E-state index < -0.39 is 27.8 Å². The van der Waals surface area contributed by atoms with Crippen molar-refractivity contribution in [2.24, 2.45) is 5.92 Å². The fourth-order valence-corrected chi connectivity index (χ4v) is 8.71. The number of rotatable bonds is 8. The van der Waals surface area contributed by atoms with Gasteiger partial charge in [0.15, 0.2) is 0 Å². The number of aromatic nitrogens is 2. The van der Waals surface area contributed by atoms with Crippen LogP contribution in [0.15, 0.2) is 30.5 Å². The highest BCUT2D eigenvalue weighted by Crippen LogP contribution is 2.56. The summed E-state index contributed by atoms with van der Waals surface area (Å²) in [6.45, 7) is 4.25. The molecular formula is C32H37F3N4O6S2. The molecular weight excluding hydrogens is 658 g/mol. The number of thiophene rings is 1. The maximum atomic E-state index is 13.5. The summed E-state index contributed by atoms with van der Waals surface area (Å²) in [5.74, 6) is 0.0542. The van der Waals surface area contributed by atoms with E-state index in [1.807, 2.05) is 26.0 Å². The van der Waals surface area contributed by atoms with Gasteiger partial charge in [0.2, 0.25) is 5.91 Å². The molecule has 0 radical (unpaired) electrons. The lowest BCUT2D eigenvalue weighted by molar-refractivity contribution is -0.135. The molecule has 15 heteroatoms. The van der Waals surface area contributed by atoms with E-state index in [2.05, 4.69) is 15.3 Å². The van der Waals surface area contributed by atoms with Gasteiger partial charge in [-0.2, -0.15) is 21.6 Å². The first kappa shape index (κ1) is 33.3. The predicted molar refractivity (Wildman–Crippen MR) is 169 cm³/mol. The Labute approximate surface area is 275 Å². The van der Waals surface area contributed by atoms with Crippen LogP contribution in [-0.4, -0.2) is 60.5 Å². The van der Waals surface area contributed by atoms with Crippen molar-refractivity contribution in [2.75, 3.05) is 13.7 Å². The van der Waals surface area contributed by atoms with Gasteiger partial charge < -0.3 is 24.1 Å². The zero-order chi connectivity index (χ0) is 33.7. The number of alkyl carbamates (subject to hydrolysis) is 1. The van der Waals surface area contributed by atoms with Crippen LogP contribution in [0.25, 0.3) is 21.0 Å². The first-order valence-electron chi connectivity index (χ1n) is 15.7. The summed E-state index contributed by atoms with van der Waals surface area (Å²) in [6.07, 6.45) is 7.24. The molecule has 2 fully saturated rings. The monoisotopic (exact) mass is 694 g/mol. The second-order valence-electron chi connectivity index (χ2n) is 12.8. The molecule has 2 atom stereocenters. The molecule has 1 aliphatic heterocycles. The zero-order valence-electron chi connectivity index (χ0n) is 26.3. The van der Waals surface area contributed by atoms with Crippen molar-refractivity contribution >= 4 is 33.5 Å². The number of methoxy groups -OCH3 is 1. The number of amides is 2. The van der Waals surface area contributed by atoms with E-state index in [1.165, 1.54) is 24.5 Å². The number of nitrogens with zero attached hydrogens (tertiary/aromatic N) is 2. The lowest BCUT2D eigenvalue weighted by atomic mass is 9.57. The van der Waals surface area contributed by atoms with Crippen LogP contribution < -0.4 is 9.50 Å². The Bertz CT molecular complexity index is 1780. The smallest absolute Gasteiger partial charge is 0.453 e. The normalized spacial score (nSPS) is 19.7. The molecule has 1 spiro atoms. The number of likely N-dealkylation sites (tertiary alicyclic amines) is 1. The number of nitrogens with one attached hydrogen (secondary N) is 2. The Morgan fingerprint density at radius 2 is 1.83 bits per heavy atom. The van der Waals surface area contributed by atoms with Crippen LogP contribution in [-0.2, 0) is 31.5 Å². The fraction of sp³-hybridized carbons (Fsp3) is 0.531. The van der Waals surface area contributed by atoms with E-state index in [1.54, 1.807) is 17.2 Å². The molecule has 3 heterocycles. The number of imidazole rings is 1. The van der Waals surface area contributed by atoms with E-state index in [0.717, 1.165) is 65.1 Å². The average molecular weight is 695 g/mol. The Hall–Kier alpha value is -3.59. The van der Waals surface area contributed by atoms with Gasteiger partial charge in [-0.25, -0.2) is 9.78 Å². The van der Waals surface area contributed by atoms with Gasteiger partial charge in [-0.3, -0.25) is 4.79 Å². The summed E-state index contributed by atoms with van der Waals surface area (Å²) < 4.78 is 73.4. The minimum atomic E-state index is -5.82. The van der Waals surface area contributed by atoms with E-state index >= 15 is 0 Å². The number of alkyl halides is 3. The SMILES string of the molecule is COC(=O)N[C@H](C(=O)N1CCC[C@H]1c1ncc(-c2ccc(-c3ccc(OS(=O)(=O)C(F)(F)F)c4c3CCCC43CCC3)s2)[nH]1)C(C)C. The maximum Gasteiger partial charge on any atom is 0.534 e. The predicted octanol–water partition coefficient (Wildman–Crippen LogP) is 6.84. The highest BCUT2D eigenvalue weighted by Gasteiger charge is 2.51. The van der Waals surface area contributed by atoms with Crippen molar-refractivity contribution in [3.05, 3.63) is 47.4 Å². The van der Waals surface area contributed by atoms with Crippen molar-refractivity contribution in [2.45, 2.75) is 88.2 Å². The minimum Gasteiger partial charge on any atom is -0.453 e. The first-order valence-corrected chi connectivity index (χ1v) is 17.9. The van der Waals surface area contributed by atoms with Crippen LogP contribution in [0.4, 0.5) is 18.0 Å². The second kappa shape index (κ2) is 12.5. The quantitative estimate of drug-likeness (QED) is 0.195. The summed E-state index contributed by atoms with van der Waals surface area (Å²) in [5, 5.41) is 2.65. The van der Waals surface area contributed by atoms with Crippen molar-refractivity contribution < 1.29 is 40.1 Å². The van der Waals surface area contributed by atoms with Gasteiger partial charge in [0.1, 0.15) is 17.6 Å². The van der Waals surface area contributed by atoms with Crippen LogP contribution in [0.5, 0.6) is 5.75 Å². The summed E-state index contributed by atoms with van der Waals surface area (Å²) in [6, 6.07) is 5.87. The van der Waals surface area contributed by atoms with Crippen LogP contribution >= 0.6 is 11.3 Å². The van der Waals surface area contributed by atoms with E-state index in [0.29, 0.717) is 30.8 Å². The molecule has 254 valence electrons. The molecule has 1 aromatic carbocycles. The molecule has 1 saturated carbocycles. The van der Waals surface area contributed by atoms with E-state index in [-0.39, 0.29) is 29.0 Å². The van der Waals surface area contributed by atoms with Crippen LogP contribution in [0.1, 0.15) is 81.8 Å². The molecule has 2 amide bonds. The average Bonchev–Trinajstić information content (AvgIpc) is 3.78. The highest BCUT2D eigenvalue weighted by atomic mass is 32.2. The number of hydrogen-bond acceptors (Lipinski definition) is 8. The molecule has 2 aliphatic carbocycles. The third-order valence-corrected chi connectivity index (χ3v) is 11.8. The number of aromatic amines is 1. The molecule has 3 aliphatic rings. The molecule has 0 bridgehead atoms. The standard InChI is InChI=1S/C32H37F3N4O6S2/c1-18(2)27(38-30(41)44-3)29(40)39-16-5-8-22(39)28-36-17-21(37-28)25-12-11-24(46-25)19-9-10-23(45-47(42,43)32(33,34)35)26-20(19)7-4-13-31(26)14-6-15-31/h9-12,17-18,22,27H,4-8,13-16H2,1-3H3,(H,36,37)(H,38,41)/t22-,27-/m0/s1. The fourth-order valence-electron chi connectivity index (χ4n) is 7.22. The van der Waals surface area contributed by atoms with Crippen LogP contribution in [0.3, 0.4) is 0 Å². The van der Waals surface area contributed by atoms with Gasteiger partial charge in [0.25, 0.3) is 0 Å². The van der Waals surface area contributed by atoms with Crippen molar-refractivity contribution in [3.63, 3.8) is 0 Å². The maximum absolute atomic E-state index is 13.5. The van der Waals surface area contributed by atoms with Gasteiger partial charge in [-0.05, 0) is 91.7 Å². The van der Waals surface area contributed by atoms with E-state index in [4.69, 9.17) is 8.92 Å².